The van der Waals surface area contributed by atoms with Crippen LogP contribution in [0.1, 0.15) is 6.42 Å². The zero-order valence-electron chi connectivity index (χ0n) is 5.65. The van der Waals surface area contributed by atoms with Crippen LogP contribution >= 0.6 is 0 Å². The van der Waals surface area contributed by atoms with Crippen LogP contribution in [0.2, 0.25) is 0 Å². The molecule has 0 saturated heterocycles. The third-order valence-corrected chi connectivity index (χ3v) is 0.707. The van der Waals surface area contributed by atoms with Gasteiger partial charge in [0.1, 0.15) is 13.0 Å². The second-order valence-electron chi connectivity index (χ2n) is 1.76. The van der Waals surface area contributed by atoms with Crippen molar-refractivity contribution in [2.75, 3.05) is 6.61 Å². The van der Waals surface area contributed by atoms with Gasteiger partial charge in [-0.1, -0.05) is 12.7 Å². The molecule has 0 heterocycles. The van der Waals surface area contributed by atoms with Gasteiger partial charge in [-0.05, 0) is 0 Å². The van der Waals surface area contributed by atoms with E-state index in [1.807, 2.05) is 0 Å². The molecule has 0 spiro atoms. The Kier molecular flexibility index (Phi) is 3.64. The van der Waals surface area contributed by atoms with Gasteiger partial charge in [-0.25, -0.2) is 0 Å². The average molecular weight is 168 g/mol. The van der Waals surface area contributed by atoms with Crippen LogP contribution in [-0.4, -0.2) is 18.8 Å². The molecule has 0 saturated carbocycles. The number of alkyl halides is 3. The first-order valence-corrected chi connectivity index (χ1v) is 2.79. The van der Waals surface area contributed by atoms with Crippen molar-refractivity contribution in [3.63, 3.8) is 0 Å². The Balaban J connectivity index is 3.61. The lowest BCUT2D eigenvalue weighted by Crippen LogP contribution is -2.17. The minimum absolute atomic E-state index is 0.186. The lowest BCUT2D eigenvalue weighted by molar-refractivity contribution is -0.170. The SMILES string of the molecule is C=CCOC(=O)CC(F)(F)F. The van der Waals surface area contributed by atoms with Crippen molar-refractivity contribution in [2.24, 2.45) is 0 Å². The number of ether oxygens (including phenoxy) is 1. The largest absolute Gasteiger partial charge is 0.461 e. The van der Waals surface area contributed by atoms with E-state index in [1.54, 1.807) is 0 Å². The van der Waals surface area contributed by atoms with Gasteiger partial charge >= 0.3 is 12.1 Å². The quantitative estimate of drug-likeness (QED) is 0.473. The molecule has 5 heteroatoms. The summed E-state index contributed by atoms with van der Waals surface area (Å²) in [6, 6.07) is 0. The molecule has 0 N–H and O–H groups in total. The molecule has 0 amide bonds. The van der Waals surface area contributed by atoms with Gasteiger partial charge in [-0.2, -0.15) is 13.2 Å². The van der Waals surface area contributed by atoms with E-state index < -0.39 is 18.6 Å². The maximum Gasteiger partial charge on any atom is 0.399 e. The predicted molar refractivity (Wildman–Crippen MR) is 31.8 cm³/mol. The molecule has 64 valence electrons. The molecule has 0 aromatic carbocycles. The Morgan fingerprint density at radius 3 is 2.45 bits per heavy atom. The molecular formula is C6H7F3O2. The van der Waals surface area contributed by atoms with Gasteiger partial charge in [0.05, 0.1) is 0 Å². The number of hydrogen-bond acceptors (Lipinski definition) is 2. The van der Waals surface area contributed by atoms with Crippen molar-refractivity contribution < 1.29 is 22.7 Å². The standard InChI is InChI=1S/C6H7F3O2/c1-2-3-11-5(10)4-6(7,8)9/h2H,1,3-4H2. The first-order chi connectivity index (χ1) is 4.95. The Bertz CT molecular complexity index is 150. The van der Waals surface area contributed by atoms with E-state index in [4.69, 9.17) is 0 Å². The molecule has 0 bridgehead atoms. The molecule has 0 aromatic rings. The summed E-state index contributed by atoms with van der Waals surface area (Å²) in [7, 11) is 0. The van der Waals surface area contributed by atoms with E-state index in [2.05, 4.69) is 11.3 Å². The number of rotatable bonds is 3. The third kappa shape index (κ3) is 6.89. The molecule has 0 atom stereocenters. The van der Waals surface area contributed by atoms with Crippen molar-refractivity contribution >= 4 is 5.97 Å². The van der Waals surface area contributed by atoms with Crippen LogP contribution < -0.4 is 0 Å². The zero-order valence-corrected chi connectivity index (χ0v) is 5.65. The Labute approximate surface area is 61.6 Å². The summed E-state index contributed by atoms with van der Waals surface area (Å²) in [4.78, 5) is 10.2. The number of carbonyl (C=O) groups is 1. The van der Waals surface area contributed by atoms with Crippen LogP contribution in [0.15, 0.2) is 12.7 Å². The molecule has 0 aromatic heterocycles. The topological polar surface area (TPSA) is 26.3 Å². The van der Waals surface area contributed by atoms with Crippen LogP contribution in [0.25, 0.3) is 0 Å². The summed E-state index contributed by atoms with van der Waals surface area (Å²) in [5.41, 5.74) is 0. The van der Waals surface area contributed by atoms with E-state index in [0.717, 1.165) is 0 Å². The second-order valence-corrected chi connectivity index (χ2v) is 1.76. The lowest BCUT2D eigenvalue weighted by Gasteiger charge is -2.04. The van der Waals surface area contributed by atoms with E-state index in [1.165, 1.54) is 6.08 Å². The number of esters is 1. The highest BCUT2D eigenvalue weighted by molar-refractivity contribution is 5.70. The zero-order chi connectivity index (χ0) is 8.91. The highest BCUT2D eigenvalue weighted by atomic mass is 19.4. The molecule has 11 heavy (non-hydrogen) atoms. The van der Waals surface area contributed by atoms with E-state index >= 15 is 0 Å². The monoisotopic (exact) mass is 168 g/mol. The Morgan fingerprint density at radius 2 is 2.09 bits per heavy atom. The maximum absolute atomic E-state index is 11.4. The number of hydrogen-bond donors (Lipinski definition) is 0. The van der Waals surface area contributed by atoms with Crippen LogP contribution in [0, 0.1) is 0 Å². The van der Waals surface area contributed by atoms with Crippen LogP contribution in [0.3, 0.4) is 0 Å². The summed E-state index contributed by atoms with van der Waals surface area (Å²) in [5, 5.41) is 0. The molecule has 0 radical (unpaired) electrons. The molecule has 0 rings (SSSR count). The lowest BCUT2D eigenvalue weighted by atomic mass is 10.4. The third-order valence-electron chi connectivity index (χ3n) is 0.707. The molecule has 0 aliphatic carbocycles. The predicted octanol–water partition coefficient (Wildman–Crippen LogP) is 1.67. The van der Waals surface area contributed by atoms with Gasteiger partial charge in [-0.15, -0.1) is 0 Å². The van der Waals surface area contributed by atoms with E-state index in [0.29, 0.717) is 0 Å². The summed E-state index contributed by atoms with van der Waals surface area (Å²) >= 11 is 0. The minimum Gasteiger partial charge on any atom is -0.461 e. The summed E-state index contributed by atoms with van der Waals surface area (Å²) in [5.74, 6) is -1.28. The average Bonchev–Trinajstić information content (AvgIpc) is 1.79. The fourth-order valence-electron chi connectivity index (χ4n) is 0.367. The van der Waals surface area contributed by atoms with Crippen LogP contribution in [-0.2, 0) is 9.53 Å². The summed E-state index contributed by atoms with van der Waals surface area (Å²) in [6.07, 6.45) is -4.83. The van der Waals surface area contributed by atoms with Crippen LogP contribution in [0.5, 0.6) is 0 Å². The molecular weight excluding hydrogens is 161 g/mol. The van der Waals surface area contributed by atoms with Crippen molar-refractivity contribution in [2.45, 2.75) is 12.6 Å². The van der Waals surface area contributed by atoms with Gasteiger partial charge < -0.3 is 4.74 Å². The van der Waals surface area contributed by atoms with Crippen molar-refractivity contribution in [3.05, 3.63) is 12.7 Å². The van der Waals surface area contributed by atoms with Gasteiger partial charge in [0.2, 0.25) is 0 Å². The maximum atomic E-state index is 11.4. The van der Waals surface area contributed by atoms with E-state index in [-0.39, 0.29) is 6.61 Å². The summed E-state index contributed by atoms with van der Waals surface area (Å²) < 4.78 is 38.3. The van der Waals surface area contributed by atoms with Gasteiger partial charge in [0, 0.05) is 0 Å². The highest BCUT2D eigenvalue weighted by Gasteiger charge is 2.31. The van der Waals surface area contributed by atoms with Gasteiger partial charge in [0.25, 0.3) is 0 Å². The molecule has 0 aliphatic rings. The smallest absolute Gasteiger partial charge is 0.399 e. The second kappa shape index (κ2) is 4.00. The highest BCUT2D eigenvalue weighted by Crippen LogP contribution is 2.19. The first-order valence-electron chi connectivity index (χ1n) is 2.79. The Hall–Kier alpha value is -1.00. The first kappa shape index (κ1) is 10.0. The minimum atomic E-state index is -4.49. The van der Waals surface area contributed by atoms with Crippen molar-refractivity contribution in [3.8, 4) is 0 Å². The fourth-order valence-corrected chi connectivity index (χ4v) is 0.367. The number of halogens is 3. The number of carbonyl (C=O) groups excluding carboxylic acids is 1. The molecule has 0 unspecified atom stereocenters. The fraction of sp³-hybridized carbons (Fsp3) is 0.500. The molecule has 2 nitrogen and oxygen atoms in total. The van der Waals surface area contributed by atoms with Crippen molar-refractivity contribution in [1.29, 1.82) is 0 Å². The Morgan fingerprint density at radius 1 is 1.55 bits per heavy atom. The van der Waals surface area contributed by atoms with Crippen molar-refractivity contribution in [1.82, 2.24) is 0 Å². The van der Waals surface area contributed by atoms with Crippen LogP contribution in [0.4, 0.5) is 13.2 Å². The normalized spacial score (nSPS) is 10.8. The molecule has 0 aliphatic heterocycles. The van der Waals surface area contributed by atoms with Gasteiger partial charge in [-0.3, -0.25) is 4.79 Å². The van der Waals surface area contributed by atoms with E-state index in [9.17, 15) is 18.0 Å². The summed E-state index contributed by atoms with van der Waals surface area (Å²) in [6.45, 7) is 2.99. The van der Waals surface area contributed by atoms with Gasteiger partial charge in [0.15, 0.2) is 0 Å². The molecule has 0 fully saturated rings.